The highest BCUT2D eigenvalue weighted by atomic mass is 19.1. The number of aryl methyl sites for hydroxylation is 1. The predicted molar refractivity (Wildman–Crippen MR) is 101 cm³/mol. The van der Waals surface area contributed by atoms with Crippen molar-refractivity contribution in [2.24, 2.45) is 5.92 Å². The molecule has 1 atom stereocenters. The Labute approximate surface area is 160 Å². The van der Waals surface area contributed by atoms with Crippen molar-refractivity contribution in [3.8, 4) is 0 Å². The van der Waals surface area contributed by atoms with E-state index in [4.69, 9.17) is 0 Å². The third kappa shape index (κ3) is 3.00. The summed E-state index contributed by atoms with van der Waals surface area (Å²) in [5, 5.41) is 11.0. The van der Waals surface area contributed by atoms with Crippen molar-refractivity contribution in [1.82, 2.24) is 0 Å². The van der Waals surface area contributed by atoms with E-state index in [2.05, 4.69) is 0 Å². The molecule has 0 aromatic heterocycles. The van der Waals surface area contributed by atoms with Gasteiger partial charge >= 0.3 is 5.69 Å². The zero-order valence-corrected chi connectivity index (χ0v) is 15.2. The van der Waals surface area contributed by atoms with Crippen LogP contribution in [0.5, 0.6) is 0 Å². The van der Waals surface area contributed by atoms with Crippen molar-refractivity contribution in [2.75, 3.05) is 22.9 Å². The standard InChI is InChI=1S/C20H18FN3O4/c1-12-2-3-13-6-7-22(17(13)8-12)20(26)14-9-19(25)23(11-14)15-4-5-16(21)18(10-15)24(27)28/h2-5,8,10,14H,6-7,9,11H2,1H3. The lowest BCUT2D eigenvalue weighted by atomic mass is 10.1. The van der Waals surface area contributed by atoms with Gasteiger partial charge in [0.15, 0.2) is 0 Å². The fourth-order valence-corrected chi connectivity index (χ4v) is 3.87. The summed E-state index contributed by atoms with van der Waals surface area (Å²) in [6, 6.07) is 9.32. The van der Waals surface area contributed by atoms with Crippen LogP contribution in [0.3, 0.4) is 0 Å². The maximum absolute atomic E-state index is 13.6. The molecule has 2 aliphatic rings. The Balaban J connectivity index is 1.56. The molecule has 1 fully saturated rings. The lowest BCUT2D eigenvalue weighted by Gasteiger charge is -2.22. The average Bonchev–Trinajstić information content (AvgIpc) is 3.24. The van der Waals surface area contributed by atoms with Crippen LogP contribution >= 0.6 is 0 Å². The minimum Gasteiger partial charge on any atom is -0.311 e. The van der Waals surface area contributed by atoms with Gasteiger partial charge < -0.3 is 9.80 Å². The Bertz CT molecular complexity index is 1010. The smallest absolute Gasteiger partial charge is 0.306 e. The van der Waals surface area contributed by atoms with E-state index in [1.165, 1.54) is 11.0 Å². The minimum absolute atomic E-state index is 0.0294. The number of nitro benzene ring substituents is 1. The normalized spacial score (nSPS) is 18.5. The van der Waals surface area contributed by atoms with Gasteiger partial charge in [0.05, 0.1) is 16.5 Å². The van der Waals surface area contributed by atoms with Gasteiger partial charge in [0.25, 0.3) is 0 Å². The van der Waals surface area contributed by atoms with Gasteiger partial charge in [0, 0.05) is 31.3 Å². The van der Waals surface area contributed by atoms with E-state index in [9.17, 15) is 24.1 Å². The fourth-order valence-electron chi connectivity index (χ4n) is 3.87. The Morgan fingerprint density at radius 1 is 1.25 bits per heavy atom. The van der Waals surface area contributed by atoms with Crippen LogP contribution in [0.15, 0.2) is 36.4 Å². The maximum atomic E-state index is 13.6. The van der Waals surface area contributed by atoms with Crippen LogP contribution in [0.4, 0.5) is 21.5 Å². The molecule has 28 heavy (non-hydrogen) atoms. The quantitative estimate of drug-likeness (QED) is 0.603. The molecular formula is C20H18FN3O4. The molecule has 0 saturated carbocycles. The van der Waals surface area contributed by atoms with Gasteiger partial charge in [-0.2, -0.15) is 4.39 Å². The van der Waals surface area contributed by atoms with Gasteiger partial charge in [0.2, 0.25) is 17.6 Å². The highest BCUT2D eigenvalue weighted by Crippen LogP contribution is 2.34. The number of amides is 2. The Morgan fingerprint density at radius 3 is 2.79 bits per heavy atom. The van der Waals surface area contributed by atoms with E-state index in [1.54, 1.807) is 4.90 Å². The highest BCUT2D eigenvalue weighted by Gasteiger charge is 2.39. The average molecular weight is 383 g/mol. The molecule has 0 bridgehead atoms. The van der Waals surface area contributed by atoms with Gasteiger partial charge in [-0.05, 0) is 42.7 Å². The largest absolute Gasteiger partial charge is 0.311 e. The zero-order valence-electron chi connectivity index (χ0n) is 15.2. The molecule has 1 saturated heterocycles. The van der Waals surface area contributed by atoms with Crippen molar-refractivity contribution >= 4 is 28.9 Å². The molecule has 0 aliphatic carbocycles. The number of hydrogen-bond donors (Lipinski definition) is 0. The molecule has 2 heterocycles. The number of fused-ring (bicyclic) bond motifs is 1. The second-order valence-corrected chi connectivity index (χ2v) is 7.17. The molecule has 2 aromatic rings. The minimum atomic E-state index is -0.961. The molecule has 8 heteroatoms. The van der Waals surface area contributed by atoms with Crippen LogP contribution in [-0.2, 0) is 16.0 Å². The molecular weight excluding hydrogens is 365 g/mol. The van der Waals surface area contributed by atoms with E-state index in [1.807, 2.05) is 25.1 Å². The Hall–Kier alpha value is -3.29. The molecule has 2 amide bonds. The van der Waals surface area contributed by atoms with Crippen LogP contribution in [0.1, 0.15) is 17.5 Å². The molecule has 0 N–H and O–H groups in total. The number of rotatable bonds is 3. The number of anilines is 2. The summed E-state index contributed by atoms with van der Waals surface area (Å²) in [7, 11) is 0. The first-order valence-electron chi connectivity index (χ1n) is 9.00. The van der Waals surface area contributed by atoms with Crippen LogP contribution in [0.25, 0.3) is 0 Å². The van der Waals surface area contributed by atoms with Gasteiger partial charge in [0.1, 0.15) is 0 Å². The van der Waals surface area contributed by atoms with Crippen LogP contribution in [0, 0.1) is 28.8 Å². The molecule has 0 radical (unpaired) electrons. The van der Waals surface area contributed by atoms with Gasteiger partial charge in [-0.3, -0.25) is 19.7 Å². The van der Waals surface area contributed by atoms with E-state index in [0.29, 0.717) is 6.54 Å². The third-order valence-corrected chi connectivity index (χ3v) is 5.31. The third-order valence-electron chi connectivity index (χ3n) is 5.31. The number of nitro groups is 1. The van der Waals surface area contributed by atoms with Crippen molar-refractivity contribution in [3.05, 3.63) is 63.5 Å². The first kappa shape index (κ1) is 18.1. The number of carbonyl (C=O) groups is 2. The first-order valence-corrected chi connectivity index (χ1v) is 9.00. The van der Waals surface area contributed by atoms with Crippen molar-refractivity contribution < 1.29 is 18.9 Å². The summed E-state index contributed by atoms with van der Waals surface area (Å²) < 4.78 is 13.6. The molecule has 2 aliphatic heterocycles. The summed E-state index contributed by atoms with van der Waals surface area (Å²) in [5.41, 5.74) is 2.58. The topological polar surface area (TPSA) is 83.8 Å². The van der Waals surface area contributed by atoms with E-state index < -0.39 is 22.3 Å². The number of halogens is 1. The maximum Gasteiger partial charge on any atom is 0.306 e. The second kappa shape index (κ2) is 6.70. The van der Waals surface area contributed by atoms with E-state index in [0.717, 1.165) is 35.4 Å². The van der Waals surface area contributed by atoms with Crippen LogP contribution in [-0.4, -0.2) is 29.8 Å². The van der Waals surface area contributed by atoms with Gasteiger partial charge in [-0.1, -0.05) is 12.1 Å². The van der Waals surface area contributed by atoms with Crippen LogP contribution < -0.4 is 9.80 Å². The Morgan fingerprint density at radius 2 is 2.04 bits per heavy atom. The molecule has 1 unspecified atom stereocenters. The number of hydrogen-bond acceptors (Lipinski definition) is 4. The van der Waals surface area contributed by atoms with E-state index in [-0.39, 0.29) is 30.5 Å². The summed E-state index contributed by atoms with van der Waals surface area (Å²) in [6.45, 7) is 2.66. The van der Waals surface area contributed by atoms with Gasteiger partial charge in [-0.15, -0.1) is 0 Å². The monoisotopic (exact) mass is 383 g/mol. The lowest BCUT2D eigenvalue weighted by Crippen LogP contribution is -2.36. The first-order chi connectivity index (χ1) is 13.3. The zero-order chi connectivity index (χ0) is 20.0. The van der Waals surface area contributed by atoms with Crippen LogP contribution in [0.2, 0.25) is 0 Å². The molecule has 144 valence electrons. The molecule has 7 nitrogen and oxygen atoms in total. The molecule has 0 spiro atoms. The predicted octanol–water partition coefficient (Wildman–Crippen LogP) is 2.98. The van der Waals surface area contributed by atoms with Gasteiger partial charge in [-0.25, -0.2) is 0 Å². The number of carbonyl (C=O) groups excluding carboxylic acids is 2. The summed E-state index contributed by atoms with van der Waals surface area (Å²) in [4.78, 5) is 38.7. The van der Waals surface area contributed by atoms with Crippen molar-refractivity contribution in [2.45, 2.75) is 19.8 Å². The second-order valence-electron chi connectivity index (χ2n) is 7.17. The number of nitrogens with zero attached hydrogens (tertiary/aromatic N) is 3. The summed E-state index contributed by atoms with van der Waals surface area (Å²) in [6.07, 6.45) is 0.803. The SMILES string of the molecule is Cc1ccc2c(c1)N(C(=O)C1CC(=O)N(c3ccc(F)c([N+](=O)[O-])c3)C1)CC2. The Kier molecular flexibility index (Phi) is 4.33. The molecule has 2 aromatic carbocycles. The number of benzene rings is 2. The molecule has 4 rings (SSSR count). The van der Waals surface area contributed by atoms with Crippen molar-refractivity contribution in [1.29, 1.82) is 0 Å². The fraction of sp³-hybridized carbons (Fsp3) is 0.300. The van der Waals surface area contributed by atoms with Crippen molar-refractivity contribution in [3.63, 3.8) is 0 Å². The lowest BCUT2D eigenvalue weighted by molar-refractivity contribution is -0.387. The van der Waals surface area contributed by atoms with E-state index >= 15 is 0 Å². The highest BCUT2D eigenvalue weighted by molar-refractivity contribution is 6.05. The summed E-state index contributed by atoms with van der Waals surface area (Å²) in [5.74, 6) is -1.93. The summed E-state index contributed by atoms with van der Waals surface area (Å²) >= 11 is 0.